The SMILES string of the molecule is CCCN(CCC)C(=S)[S-].CCCN(CCC)C(=S)[S-].CCCN(CCC)C(=S)[S-].CCCN(CCC)C(=S)[S-].CCCN(CCC)C(=S)[S-].CCCN(CCC)C(=S)[S-].[Mo]. The van der Waals surface area contributed by atoms with Crippen LogP contribution < -0.4 is 0 Å². The van der Waals surface area contributed by atoms with E-state index in [0.717, 1.165) is 156 Å². The van der Waals surface area contributed by atoms with Gasteiger partial charge in [-0.1, -0.05) is 109 Å². The second kappa shape index (κ2) is 59.4. The summed E-state index contributed by atoms with van der Waals surface area (Å²) in [5.41, 5.74) is 0. The first-order valence-electron chi connectivity index (χ1n) is 22.1. The van der Waals surface area contributed by atoms with Crippen LogP contribution in [0.15, 0.2) is 0 Å². The summed E-state index contributed by atoms with van der Waals surface area (Å²) in [7, 11) is 0. The van der Waals surface area contributed by atoms with Gasteiger partial charge in [0, 0.05) is 99.6 Å². The minimum Gasteiger partial charge on any atom is -0.411 e. The average molecular weight is 1150 g/mol. The molecule has 6 nitrogen and oxygen atoms in total. The summed E-state index contributed by atoms with van der Waals surface area (Å²) < 4.78 is 3.69. The van der Waals surface area contributed by atoms with Gasteiger partial charge in [0.2, 0.25) is 0 Å². The second-order valence-electron chi connectivity index (χ2n) is 13.5. The van der Waals surface area contributed by atoms with Crippen molar-refractivity contribution in [1.82, 2.24) is 29.4 Å². The van der Waals surface area contributed by atoms with Gasteiger partial charge in [-0.2, -0.15) is 0 Å². The van der Waals surface area contributed by atoms with E-state index in [0.29, 0.717) is 25.9 Å². The van der Waals surface area contributed by atoms with Gasteiger partial charge in [-0.25, -0.2) is 0 Å². The number of hydrogen-bond donors (Lipinski definition) is 0. The Bertz CT molecular complexity index is 796. The molecule has 0 fully saturated rings. The maximum atomic E-state index is 4.89. The average Bonchev–Trinajstić information content (AvgIpc) is 3.18. The summed E-state index contributed by atoms with van der Waals surface area (Å²) in [5.74, 6) is 0. The summed E-state index contributed by atoms with van der Waals surface area (Å²) >= 11 is 58.7. The molecule has 0 atom stereocenters. The van der Waals surface area contributed by atoms with Gasteiger partial charge in [-0.15, -0.1) is 0 Å². The summed E-state index contributed by atoms with van der Waals surface area (Å²) in [6, 6.07) is 0. The summed E-state index contributed by atoms with van der Waals surface area (Å²) in [4.78, 5) is 12.4. The van der Waals surface area contributed by atoms with Crippen LogP contribution in [0.25, 0.3) is 0 Å². The van der Waals surface area contributed by atoms with Crippen LogP contribution in [0.3, 0.4) is 0 Å². The van der Waals surface area contributed by atoms with Crippen LogP contribution in [0.4, 0.5) is 0 Å². The topological polar surface area (TPSA) is 19.4 Å². The fourth-order valence-electron chi connectivity index (χ4n) is 5.01. The molecule has 0 aromatic heterocycles. The largest absolute Gasteiger partial charge is 0.411 e. The molecule has 61 heavy (non-hydrogen) atoms. The van der Waals surface area contributed by atoms with E-state index in [1.807, 2.05) is 0 Å². The van der Waals surface area contributed by atoms with Gasteiger partial charge in [0.15, 0.2) is 0 Å². The fourth-order valence-corrected chi connectivity index (χ4v) is 7.20. The van der Waals surface area contributed by atoms with E-state index >= 15 is 0 Å². The first kappa shape index (κ1) is 76.6. The van der Waals surface area contributed by atoms with Crippen LogP contribution in [0.2, 0.25) is 0 Å². The van der Waals surface area contributed by atoms with Crippen LogP contribution in [0.5, 0.6) is 0 Å². The van der Waals surface area contributed by atoms with E-state index in [2.05, 4.69) is 112 Å². The van der Waals surface area contributed by atoms with Crippen molar-refractivity contribution in [3.05, 3.63) is 0 Å². The Morgan fingerprint density at radius 3 is 0.328 bits per heavy atom. The Morgan fingerprint density at radius 1 is 0.230 bits per heavy atom. The molecule has 0 N–H and O–H groups in total. The molecule has 0 rings (SSSR count). The van der Waals surface area contributed by atoms with Gasteiger partial charge in [-0.05, 0) is 77.0 Å². The molecule has 0 aliphatic heterocycles. The third-order valence-electron chi connectivity index (χ3n) is 7.47. The Kier molecular flexibility index (Phi) is 74.5. The molecule has 19 heteroatoms. The van der Waals surface area contributed by atoms with Crippen LogP contribution in [0.1, 0.15) is 160 Å². The van der Waals surface area contributed by atoms with Gasteiger partial charge in [0.25, 0.3) is 0 Å². The summed E-state index contributed by atoms with van der Waals surface area (Å²) in [6.07, 6.45) is 13.5. The first-order chi connectivity index (χ1) is 28.3. The molecule has 0 spiro atoms. The number of hydrogen-bond acceptors (Lipinski definition) is 12. The van der Waals surface area contributed by atoms with Crippen molar-refractivity contribution in [2.45, 2.75) is 160 Å². The van der Waals surface area contributed by atoms with E-state index in [-0.39, 0.29) is 21.1 Å². The molecular weight excluding hydrogens is 1070 g/mol. The number of rotatable bonds is 24. The quantitative estimate of drug-likeness (QED) is 0.0519. The Labute approximate surface area is 459 Å². The molecule has 0 saturated heterocycles. The minimum absolute atomic E-state index is 0. The molecule has 366 valence electrons. The first-order valence-corrected chi connectivity index (χ1v) is 27.0. The van der Waals surface area contributed by atoms with Crippen molar-refractivity contribution < 1.29 is 21.1 Å². The van der Waals surface area contributed by atoms with Gasteiger partial charge >= 0.3 is 0 Å². The molecule has 0 aliphatic rings. The minimum atomic E-state index is 0. The maximum Gasteiger partial charge on any atom is 0.0159 e. The van der Waals surface area contributed by atoms with Crippen molar-refractivity contribution >= 4 is 175 Å². The number of nitrogens with zero attached hydrogens (tertiary/aromatic N) is 6. The Balaban J connectivity index is -0.000000114. The van der Waals surface area contributed by atoms with Crippen LogP contribution >= 0.6 is 73.3 Å². The van der Waals surface area contributed by atoms with Gasteiger partial charge in [0.05, 0.1) is 0 Å². The summed E-state index contributed by atoms with van der Waals surface area (Å²) in [6.45, 7) is 37.7. The van der Waals surface area contributed by atoms with Crippen molar-refractivity contribution in [3.63, 3.8) is 0 Å². The molecule has 0 unspecified atom stereocenters. The van der Waals surface area contributed by atoms with Gasteiger partial charge in [-0.3, -0.25) is 0 Å². The molecule has 0 aromatic carbocycles. The molecule has 0 bridgehead atoms. The second-order valence-corrected chi connectivity index (χ2v) is 19.7. The molecule has 0 heterocycles. The van der Waals surface area contributed by atoms with Crippen molar-refractivity contribution in [1.29, 1.82) is 0 Å². The van der Waals surface area contributed by atoms with Crippen molar-refractivity contribution in [3.8, 4) is 0 Å². The van der Waals surface area contributed by atoms with E-state index in [1.165, 1.54) is 0 Å². The third-order valence-corrected chi connectivity index (χ3v) is 10.6. The van der Waals surface area contributed by atoms with E-state index in [9.17, 15) is 0 Å². The zero-order valence-corrected chi connectivity index (χ0v) is 51.8. The molecular formula is C42H84MoN6S12-6. The number of thiocarbonyl (C=S) groups is 6. The van der Waals surface area contributed by atoms with Gasteiger partial charge in [0.1, 0.15) is 0 Å². The van der Waals surface area contributed by atoms with E-state index < -0.39 is 0 Å². The zero-order valence-electron chi connectivity index (χ0n) is 40.0. The van der Waals surface area contributed by atoms with E-state index in [4.69, 9.17) is 149 Å². The predicted octanol–water partition coefficient (Wildman–Crippen LogP) is 11.6. The molecule has 0 radical (unpaired) electrons. The van der Waals surface area contributed by atoms with Crippen LogP contribution in [0, 0.1) is 0 Å². The van der Waals surface area contributed by atoms with E-state index in [1.54, 1.807) is 0 Å². The van der Waals surface area contributed by atoms with Crippen LogP contribution in [-0.2, 0) is 96.8 Å². The molecule has 0 amide bonds. The zero-order chi connectivity index (χ0) is 47.9. The van der Waals surface area contributed by atoms with Crippen molar-refractivity contribution in [2.75, 3.05) is 78.5 Å². The summed E-state index contributed by atoms with van der Waals surface area (Å²) in [5, 5.41) is 0. The Hall–Kier alpha value is 1.35. The van der Waals surface area contributed by atoms with Crippen LogP contribution in [-0.4, -0.2) is 134 Å². The smallest absolute Gasteiger partial charge is 0.0159 e. The molecule has 0 aliphatic carbocycles. The fraction of sp³-hybridized carbons (Fsp3) is 0.857. The molecule has 0 aromatic rings. The Morgan fingerprint density at radius 2 is 0.295 bits per heavy atom. The molecule has 0 saturated carbocycles. The third kappa shape index (κ3) is 57.4. The van der Waals surface area contributed by atoms with Gasteiger partial charge < -0.3 is 178 Å². The normalized spacial score (nSPS) is 9.25. The standard InChI is InChI=1S/6C7H15NS2.Mo/c6*1-3-5-8(6-4-2)7(9)10;/h6*3-6H2,1-2H3,(H,9,10);/p-6. The van der Waals surface area contributed by atoms with Crippen molar-refractivity contribution in [2.24, 2.45) is 0 Å². The maximum absolute atomic E-state index is 4.89. The predicted molar refractivity (Wildman–Crippen MR) is 313 cm³/mol. The monoisotopic (exact) mass is 1150 g/mol.